The van der Waals surface area contributed by atoms with Gasteiger partial charge in [-0.25, -0.2) is 4.79 Å². The van der Waals surface area contributed by atoms with Crippen LogP contribution in [0.2, 0.25) is 0 Å². The lowest BCUT2D eigenvalue weighted by atomic mass is 9.81. The number of nitrogens with one attached hydrogen (secondary N) is 2. The predicted molar refractivity (Wildman–Crippen MR) is 81.3 cm³/mol. The third-order valence-electron chi connectivity index (χ3n) is 4.07. The van der Waals surface area contributed by atoms with Gasteiger partial charge in [0.05, 0.1) is 0 Å². The Morgan fingerprint density at radius 3 is 2.50 bits per heavy atom. The highest BCUT2D eigenvalue weighted by Crippen LogP contribution is 2.34. The number of urea groups is 1. The highest BCUT2D eigenvalue weighted by Gasteiger charge is 2.24. The molecule has 0 bridgehead atoms. The number of primary amides is 1. The second-order valence-corrected chi connectivity index (χ2v) is 5.53. The maximum absolute atomic E-state index is 10.7. The Morgan fingerprint density at radius 1 is 1.15 bits per heavy atom. The fraction of sp³-hybridized carbons (Fsp3) is 0.562. The van der Waals surface area contributed by atoms with Gasteiger partial charge in [0.1, 0.15) is 0 Å². The molecule has 1 aromatic carbocycles. The van der Waals surface area contributed by atoms with Crippen LogP contribution in [0.15, 0.2) is 30.3 Å². The zero-order valence-electron chi connectivity index (χ0n) is 12.0. The van der Waals surface area contributed by atoms with Crippen molar-refractivity contribution >= 4 is 6.03 Å². The average Bonchev–Trinajstić information content (AvgIpc) is 2.49. The van der Waals surface area contributed by atoms with Crippen LogP contribution in [0.1, 0.15) is 43.7 Å². The van der Waals surface area contributed by atoms with E-state index in [1.54, 1.807) is 0 Å². The Hall–Kier alpha value is -1.55. The molecule has 1 aliphatic rings. The van der Waals surface area contributed by atoms with Crippen molar-refractivity contribution in [3.8, 4) is 0 Å². The summed E-state index contributed by atoms with van der Waals surface area (Å²) in [5.41, 5.74) is 6.43. The van der Waals surface area contributed by atoms with Gasteiger partial charge >= 0.3 is 6.03 Å². The molecule has 1 saturated carbocycles. The topological polar surface area (TPSA) is 67.2 Å². The predicted octanol–water partition coefficient (Wildman–Crippen LogP) is 2.57. The first kappa shape index (κ1) is 14.9. The summed E-state index contributed by atoms with van der Waals surface area (Å²) in [5.74, 6) is 0.694. The molecule has 0 spiro atoms. The van der Waals surface area contributed by atoms with Crippen LogP contribution in [0.3, 0.4) is 0 Å². The summed E-state index contributed by atoms with van der Waals surface area (Å²) in [7, 11) is 0. The highest BCUT2D eigenvalue weighted by atomic mass is 16.2. The quantitative estimate of drug-likeness (QED) is 0.698. The van der Waals surface area contributed by atoms with Crippen molar-refractivity contribution in [3.05, 3.63) is 35.9 Å². The monoisotopic (exact) mass is 275 g/mol. The first-order valence-electron chi connectivity index (χ1n) is 7.59. The number of carbonyl (C=O) groups excluding carboxylic acids is 1. The fourth-order valence-corrected chi connectivity index (χ4v) is 3.10. The molecule has 0 aliphatic heterocycles. The number of carbonyl (C=O) groups is 1. The Morgan fingerprint density at radius 2 is 1.85 bits per heavy atom. The van der Waals surface area contributed by atoms with Crippen LogP contribution >= 0.6 is 0 Å². The molecular formula is C16H25N3O. The van der Waals surface area contributed by atoms with Crippen LogP contribution in [0.5, 0.6) is 0 Å². The molecule has 0 heterocycles. The maximum atomic E-state index is 10.7. The third kappa shape index (κ3) is 4.53. The van der Waals surface area contributed by atoms with Gasteiger partial charge in [0.25, 0.3) is 0 Å². The molecule has 4 N–H and O–H groups in total. The summed E-state index contributed by atoms with van der Waals surface area (Å²) in [6, 6.07) is 10.5. The van der Waals surface area contributed by atoms with E-state index < -0.39 is 6.03 Å². The molecule has 0 saturated heterocycles. The molecule has 110 valence electrons. The minimum absolute atomic E-state index is 0.381. The molecule has 2 amide bonds. The van der Waals surface area contributed by atoms with E-state index in [-0.39, 0.29) is 0 Å². The van der Waals surface area contributed by atoms with Crippen LogP contribution in [0.4, 0.5) is 4.79 Å². The van der Waals surface area contributed by atoms with Crippen molar-refractivity contribution in [2.75, 3.05) is 13.1 Å². The molecule has 1 atom stereocenters. The second kappa shape index (κ2) is 7.90. The lowest BCUT2D eigenvalue weighted by Crippen LogP contribution is -2.38. The first-order valence-corrected chi connectivity index (χ1v) is 7.59. The molecule has 2 rings (SSSR count). The molecule has 4 nitrogen and oxygen atoms in total. The van der Waals surface area contributed by atoms with Crippen molar-refractivity contribution in [1.82, 2.24) is 10.6 Å². The van der Waals surface area contributed by atoms with E-state index in [0.717, 1.165) is 6.54 Å². The van der Waals surface area contributed by atoms with Gasteiger partial charge in [0.2, 0.25) is 0 Å². The number of benzene rings is 1. The van der Waals surface area contributed by atoms with Crippen molar-refractivity contribution in [2.24, 2.45) is 11.7 Å². The summed E-state index contributed by atoms with van der Waals surface area (Å²) in [4.78, 5) is 10.7. The molecule has 0 aromatic heterocycles. The summed E-state index contributed by atoms with van der Waals surface area (Å²) < 4.78 is 0. The van der Waals surface area contributed by atoms with E-state index >= 15 is 0 Å². The molecule has 1 unspecified atom stereocenters. The largest absolute Gasteiger partial charge is 0.352 e. The van der Waals surface area contributed by atoms with Crippen molar-refractivity contribution in [1.29, 1.82) is 0 Å². The molecule has 20 heavy (non-hydrogen) atoms. The van der Waals surface area contributed by atoms with Crippen LogP contribution in [-0.4, -0.2) is 19.1 Å². The first-order chi connectivity index (χ1) is 9.77. The number of hydrogen-bond donors (Lipinski definition) is 3. The Kier molecular flexibility index (Phi) is 5.87. The van der Waals surface area contributed by atoms with Gasteiger partial charge in [-0.1, -0.05) is 49.6 Å². The van der Waals surface area contributed by atoms with Crippen LogP contribution in [-0.2, 0) is 0 Å². The van der Waals surface area contributed by atoms with Gasteiger partial charge in [-0.3, -0.25) is 0 Å². The second-order valence-electron chi connectivity index (χ2n) is 5.53. The van der Waals surface area contributed by atoms with Crippen LogP contribution in [0, 0.1) is 5.92 Å². The van der Waals surface area contributed by atoms with Gasteiger partial charge < -0.3 is 16.4 Å². The van der Waals surface area contributed by atoms with E-state index in [1.807, 2.05) is 0 Å². The standard InChI is InChI=1S/C16H25N3O/c17-16(20)19-12-11-18-15(13-7-3-1-4-8-13)14-9-5-2-6-10-14/h1,3-4,7-8,14-15,18H,2,5-6,9-12H2,(H3,17,19,20). The number of hydrogen-bond acceptors (Lipinski definition) is 2. The average molecular weight is 275 g/mol. The maximum Gasteiger partial charge on any atom is 0.312 e. The van der Waals surface area contributed by atoms with Gasteiger partial charge in [-0.15, -0.1) is 0 Å². The fourth-order valence-electron chi connectivity index (χ4n) is 3.10. The van der Waals surface area contributed by atoms with Crippen molar-refractivity contribution in [2.45, 2.75) is 38.1 Å². The smallest absolute Gasteiger partial charge is 0.312 e. The van der Waals surface area contributed by atoms with Crippen LogP contribution in [0.25, 0.3) is 0 Å². The van der Waals surface area contributed by atoms with E-state index in [9.17, 15) is 4.79 Å². The number of rotatable bonds is 6. The lowest BCUT2D eigenvalue weighted by Gasteiger charge is -2.31. The van der Waals surface area contributed by atoms with E-state index in [4.69, 9.17) is 5.73 Å². The number of amides is 2. The van der Waals surface area contributed by atoms with Crippen molar-refractivity contribution < 1.29 is 4.79 Å². The molecular weight excluding hydrogens is 250 g/mol. The normalized spacial score (nSPS) is 17.6. The zero-order valence-corrected chi connectivity index (χ0v) is 12.0. The van der Waals surface area contributed by atoms with Gasteiger partial charge in [0, 0.05) is 19.1 Å². The van der Waals surface area contributed by atoms with E-state index in [0.29, 0.717) is 18.5 Å². The van der Waals surface area contributed by atoms with Gasteiger partial charge in [0.15, 0.2) is 0 Å². The van der Waals surface area contributed by atoms with Gasteiger partial charge in [-0.05, 0) is 24.3 Å². The summed E-state index contributed by atoms with van der Waals surface area (Å²) in [6.45, 7) is 1.32. The van der Waals surface area contributed by atoms with E-state index in [1.165, 1.54) is 37.7 Å². The molecule has 1 aliphatic carbocycles. The Bertz CT molecular complexity index is 401. The van der Waals surface area contributed by atoms with Crippen LogP contribution < -0.4 is 16.4 Å². The summed E-state index contributed by atoms with van der Waals surface area (Å²) in [5, 5.41) is 6.22. The minimum Gasteiger partial charge on any atom is -0.352 e. The lowest BCUT2D eigenvalue weighted by molar-refractivity contribution is 0.247. The highest BCUT2D eigenvalue weighted by molar-refractivity contribution is 5.71. The van der Waals surface area contributed by atoms with E-state index in [2.05, 4.69) is 41.0 Å². The van der Waals surface area contributed by atoms with Gasteiger partial charge in [-0.2, -0.15) is 0 Å². The zero-order chi connectivity index (χ0) is 14.2. The molecule has 1 aromatic rings. The Balaban J connectivity index is 1.94. The SMILES string of the molecule is NC(=O)NCCNC(c1ccccc1)C1CCCCC1. The third-order valence-corrected chi connectivity index (χ3v) is 4.07. The molecule has 1 fully saturated rings. The summed E-state index contributed by atoms with van der Waals surface area (Å²) in [6.07, 6.45) is 6.59. The number of nitrogens with two attached hydrogens (primary N) is 1. The van der Waals surface area contributed by atoms with Crippen molar-refractivity contribution in [3.63, 3.8) is 0 Å². The molecule has 4 heteroatoms. The summed E-state index contributed by atoms with van der Waals surface area (Å²) >= 11 is 0. The minimum atomic E-state index is -0.458. The molecule has 0 radical (unpaired) electrons. The Labute approximate surface area is 121 Å².